The molecule has 6 saturated carbocycles. The van der Waals surface area contributed by atoms with Crippen molar-refractivity contribution in [1.29, 1.82) is 0 Å². The molecule has 34 heavy (non-hydrogen) atoms. The summed E-state index contributed by atoms with van der Waals surface area (Å²) in [5.74, 6) is 0.421. The van der Waals surface area contributed by atoms with E-state index in [1.165, 1.54) is 0 Å². The van der Waals surface area contributed by atoms with E-state index in [-0.39, 0.29) is 30.0 Å². The molecule has 0 aromatic heterocycles. The monoisotopic (exact) mass is 482 g/mol. The van der Waals surface area contributed by atoms with E-state index < -0.39 is 29.3 Å². The molecule has 9 heteroatoms. The van der Waals surface area contributed by atoms with E-state index in [0.29, 0.717) is 23.7 Å². The van der Waals surface area contributed by atoms with Gasteiger partial charge in [0.1, 0.15) is 23.4 Å². The third-order valence-corrected chi connectivity index (χ3v) is 8.71. The normalized spacial score (nSPS) is 42.5. The van der Waals surface area contributed by atoms with E-state index in [1.54, 1.807) is 0 Å². The number of alkyl halides is 3. The number of halogens is 3. The van der Waals surface area contributed by atoms with Crippen LogP contribution in [0.3, 0.4) is 0 Å². The van der Waals surface area contributed by atoms with Crippen LogP contribution in [0.2, 0.25) is 0 Å². The van der Waals surface area contributed by atoms with Crippen LogP contribution in [0.15, 0.2) is 24.8 Å². The second-order valence-electron chi connectivity index (χ2n) is 11.0. The van der Waals surface area contributed by atoms with Gasteiger partial charge in [0.25, 0.3) is 0 Å². The zero-order valence-electron chi connectivity index (χ0n) is 18.9. The Morgan fingerprint density at radius 1 is 1.03 bits per heavy atom. The van der Waals surface area contributed by atoms with E-state index >= 15 is 0 Å². The maximum absolute atomic E-state index is 12.5. The largest absolute Gasteiger partial charge is 0.458 e. The van der Waals surface area contributed by atoms with Crippen LogP contribution in [0.25, 0.3) is 0 Å². The minimum Gasteiger partial charge on any atom is -0.458 e. The average Bonchev–Trinajstić information content (AvgIpc) is 3.37. The van der Waals surface area contributed by atoms with Crippen LogP contribution in [0, 0.1) is 35.5 Å². The molecule has 0 aromatic carbocycles. The minimum atomic E-state index is -4.70. The summed E-state index contributed by atoms with van der Waals surface area (Å²) in [5, 5.41) is 0. The number of hydrogen-bond donors (Lipinski definition) is 0. The summed E-state index contributed by atoms with van der Waals surface area (Å²) < 4.78 is 53.1. The van der Waals surface area contributed by atoms with Crippen molar-refractivity contribution < 1.29 is 41.8 Å². The molecule has 0 radical (unpaired) electrons. The zero-order chi connectivity index (χ0) is 24.4. The van der Waals surface area contributed by atoms with Crippen molar-refractivity contribution in [2.24, 2.45) is 35.5 Å². The second-order valence-corrected chi connectivity index (χ2v) is 11.0. The first-order valence-electron chi connectivity index (χ1n) is 12.0. The fourth-order valence-corrected chi connectivity index (χ4v) is 7.78. The van der Waals surface area contributed by atoms with Crippen molar-refractivity contribution in [3.8, 4) is 0 Å². The Labute approximate surface area is 195 Å². The lowest BCUT2D eigenvalue weighted by Crippen LogP contribution is -2.53. The highest BCUT2D eigenvalue weighted by molar-refractivity contribution is 5.89. The van der Waals surface area contributed by atoms with Gasteiger partial charge in [-0.2, -0.15) is 13.2 Å². The van der Waals surface area contributed by atoms with Crippen LogP contribution in [0.4, 0.5) is 13.2 Å². The van der Waals surface area contributed by atoms with Crippen LogP contribution in [0.5, 0.6) is 0 Å². The van der Waals surface area contributed by atoms with Crippen molar-refractivity contribution in [2.45, 2.75) is 75.4 Å². The Morgan fingerprint density at radius 2 is 1.62 bits per heavy atom. The molecule has 1 saturated heterocycles. The Morgan fingerprint density at radius 3 is 2.15 bits per heavy atom. The number of carbonyl (C=O) groups excluding carboxylic acids is 3. The van der Waals surface area contributed by atoms with Gasteiger partial charge in [-0.3, -0.25) is 4.79 Å². The summed E-state index contributed by atoms with van der Waals surface area (Å²) >= 11 is 0. The number of carbonyl (C=O) groups is 3. The van der Waals surface area contributed by atoms with Crippen LogP contribution >= 0.6 is 0 Å². The molecule has 0 spiro atoms. The molecule has 5 atom stereocenters. The van der Waals surface area contributed by atoms with E-state index in [4.69, 9.17) is 14.2 Å². The number of esters is 3. The molecule has 6 aliphatic carbocycles. The van der Waals surface area contributed by atoms with Gasteiger partial charge in [0.2, 0.25) is 0 Å². The lowest BCUT2D eigenvalue weighted by molar-refractivity contribution is -0.188. The first-order valence-corrected chi connectivity index (χ1v) is 12.0. The summed E-state index contributed by atoms with van der Waals surface area (Å²) in [6.45, 7) is 6.18. The summed E-state index contributed by atoms with van der Waals surface area (Å²) in [4.78, 5) is 34.2. The molecule has 1 aliphatic heterocycles. The fraction of sp³-hybridized carbons (Fsp3) is 0.720. The van der Waals surface area contributed by atoms with E-state index in [0.717, 1.165) is 57.4 Å². The van der Waals surface area contributed by atoms with E-state index in [9.17, 15) is 27.6 Å². The Balaban J connectivity index is 0.000000145. The highest BCUT2D eigenvalue weighted by Gasteiger charge is 2.63. The summed E-state index contributed by atoms with van der Waals surface area (Å²) in [6.07, 6.45) is 3.45. The molecular formula is C25H29F3O6. The van der Waals surface area contributed by atoms with Gasteiger partial charge in [0.15, 0.2) is 0 Å². The van der Waals surface area contributed by atoms with Crippen molar-refractivity contribution in [3.63, 3.8) is 0 Å². The quantitative estimate of drug-likeness (QED) is 0.338. The highest BCUT2D eigenvalue weighted by Crippen LogP contribution is 2.57. The molecule has 6 bridgehead atoms. The first kappa shape index (κ1) is 23.4. The molecule has 7 aliphatic rings. The topological polar surface area (TPSA) is 78.9 Å². The van der Waals surface area contributed by atoms with Crippen LogP contribution in [-0.2, 0) is 28.6 Å². The molecule has 0 N–H and O–H groups in total. The average molecular weight is 482 g/mol. The lowest BCUT2D eigenvalue weighted by atomic mass is 9.54. The molecule has 5 unspecified atom stereocenters. The SMILES string of the molecule is C=C(C(=O)OC12CC3CC(CC(C3)C1)C2)C(F)(F)F.C=CC(=O)OC1C2CC3C(=O)OC1C3C2. The number of hydrogen-bond acceptors (Lipinski definition) is 6. The molecule has 0 aromatic rings. The summed E-state index contributed by atoms with van der Waals surface area (Å²) in [7, 11) is 0. The second kappa shape index (κ2) is 8.12. The number of ether oxygens (including phenoxy) is 3. The molecular weight excluding hydrogens is 453 g/mol. The van der Waals surface area contributed by atoms with E-state index in [1.807, 2.05) is 0 Å². The van der Waals surface area contributed by atoms with Gasteiger partial charge in [-0.05, 0) is 69.1 Å². The van der Waals surface area contributed by atoms with Gasteiger partial charge < -0.3 is 14.2 Å². The van der Waals surface area contributed by atoms with Crippen molar-refractivity contribution >= 4 is 17.9 Å². The standard InChI is InChI=1S/C14H17F3O2.C11H12O4/c1-8(14(15,16)17)12(18)19-13-5-9-2-10(6-13)4-11(3-9)7-13;1-2-8(12)14-9-5-3-6-7(4-5)11(13)15-10(6)9/h9-11H,1-7H2;2,5-7,9-10H,1,3-4H2. The third-order valence-electron chi connectivity index (χ3n) is 8.71. The Kier molecular flexibility index (Phi) is 5.60. The molecule has 186 valence electrons. The maximum Gasteiger partial charge on any atom is 0.422 e. The van der Waals surface area contributed by atoms with Crippen LogP contribution in [-0.4, -0.2) is 41.9 Å². The predicted octanol–water partition coefficient (Wildman–Crippen LogP) is 4.28. The lowest BCUT2D eigenvalue weighted by Gasteiger charge is -2.55. The van der Waals surface area contributed by atoms with Crippen molar-refractivity contribution in [2.75, 3.05) is 0 Å². The van der Waals surface area contributed by atoms with Crippen LogP contribution < -0.4 is 0 Å². The Hall–Kier alpha value is -2.32. The van der Waals surface area contributed by atoms with Gasteiger partial charge in [0, 0.05) is 17.9 Å². The summed E-state index contributed by atoms with van der Waals surface area (Å²) in [5.41, 5.74) is -2.02. The molecule has 7 fully saturated rings. The van der Waals surface area contributed by atoms with Gasteiger partial charge >= 0.3 is 24.1 Å². The third kappa shape index (κ3) is 4.05. The molecule has 1 heterocycles. The number of fused-ring (bicyclic) bond motifs is 1. The first-order chi connectivity index (χ1) is 16.0. The fourth-order valence-electron chi connectivity index (χ4n) is 7.78. The van der Waals surface area contributed by atoms with Gasteiger partial charge in [0.05, 0.1) is 5.92 Å². The summed E-state index contributed by atoms with van der Waals surface area (Å²) in [6, 6.07) is 0. The number of rotatable bonds is 4. The highest BCUT2D eigenvalue weighted by atomic mass is 19.4. The molecule has 6 nitrogen and oxygen atoms in total. The Bertz CT molecular complexity index is 889. The predicted molar refractivity (Wildman–Crippen MR) is 112 cm³/mol. The van der Waals surface area contributed by atoms with Crippen molar-refractivity contribution in [1.82, 2.24) is 0 Å². The smallest absolute Gasteiger partial charge is 0.422 e. The zero-order valence-corrected chi connectivity index (χ0v) is 18.9. The van der Waals surface area contributed by atoms with Crippen molar-refractivity contribution in [3.05, 3.63) is 24.8 Å². The molecule has 7 rings (SSSR count). The van der Waals surface area contributed by atoms with Gasteiger partial charge in [-0.15, -0.1) is 0 Å². The van der Waals surface area contributed by atoms with E-state index in [2.05, 4.69) is 13.2 Å². The van der Waals surface area contributed by atoms with Crippen LogP contribution in [0.1, 0.15) is 51.4 Å². The molecule has 0 amide bonds. The van der Waals surface area contributed by atoms with Gasteiger partial charge in [-0.1, -0.05) is 13.2 Å². The minimum absolute atomic E-state index is 0.0682. The van der Waals surface area contributed by atoms with Gasteiger partial charge in [-0.25, -0.2) is 9.59 Å². The maximum atomic E-state index is 12.5.